The Morgan fingerprint density at radius 1 is 0.857 bits per heavy atom. The minimum absolute atomic E-state index is 0.0840. The summed E-state index contributed by atoms with van der Waals surface area (Å²) in [6.45, 7) is 1.50. The van der Waals surface area contributed by atoms with Gasteiger partial charge in [-0.15, -0.1) is 11.3 Å². The molecule has 0 aliphatic rings. The number of anilines is 1. The number of carbonyl (C=O) groups excluding carboxylic acids is 2. The van der Waals surface area contributed by atoms with E-state index in [1.54, 1.807) is 0 Å². The monoisotopic (exact) mass is 495 g/mol. The number of rotatable bonds is 7. The number of hydrogen-bond donors (Lipinski definition) is 2. The second-order valence-electron chi connectivity index (χ2n) is 7.75. The highest BCUT2D eigenvalue weighted by molar-refractivity contribution is 7.18. The fraction of sp³-hybridized carbons (Fsp3) is 0.115. The van der Waals surface area contributed by atoms with E-state index in [9.17, 15) is 22.8 Å². The highest BCUT2D eigenvalue weighted by Crippen LogP contribution is 2.36. The van der Waals surface area contributed by atoms with Crippen LogP contribution in [0.15, 0.2) is 66.7 Å². The standard InChI is InChI=1S/C26H20F3N3O2S/c1-15-7-9-16(10-8-15)25-20(32-26(35-25)17-5-3-2-4-6-17)13-21(33)30-14-22(34)31-19-12-11-18(27)23(28)24(19)29/h2-12H,13-14H2,1H3,(H,30,33)(H,31,34). The number of thiazole rings is 1. The number of aromatic nitrogens is 1. The Labute approximate surface area is 203 Å². The summed E-state index contributed by atoms with van der Waals surface area (Å²) < 4.78 is 40.2. The van der Waals surface area contributed by atoms with E-state index in [2.05, 4.69) is 15.6 Å². The molecule has 9 heteroatoms. The average molecular weight is 496 g/mol. The smallest absolute Gasteiger partial charge is 0.243 e. The number of nitrogens with zero attached hydrogens (tertiary/aromatic N) is 1. The predicted octanol–water partition coefficient (Wildman–Crippen LogP) is 5.50. The zero-order valence-electron chi connectivity index (χ0n) is 18.6. The lowest BCUT2D eigenvalue weighted by Gasteiger charge is -2.09. The highest BCUT2D eigenvalue weighted by atomic mass is 32.1. The first-order valence-corrected chi connectivity index (χ1v) is 11.5. The van der Waals surface area contributed by atoms with Crippen LogP contribution in [0.2, 0.25) is 0 Å². The molecule has 0 spiro atoms. The van der Waals surface area contributed by atoms with Crippen molar-refractivity contribution in [2.75, 3.05) is 11.9 Å². The van der Waals surface area contributed by atoms with Gasteiger partial charge in [0.25, 0.3) is 0 Å². The summed E-state index contributed by atoms with van der Waals surface area (Å²) >= 11 is 1.47. The third kappa shape index (κ3) is 5.75. The predicted molar refractivity (Wildman–Crippen MR) is 129 cm³/mol. The van der Waals surface area contributed by atoms with Crippen LogP contribution in [0.5, 0.6) is 0 Å². The lowest BCUT2D eigenvalue weighted by Crippen LogP contribution is -2.34. The number of aryl methyl sites for hydroxylation is 1. The average Bonchev–Trinajstić information content (AvgIpc) is 3.28. The Balaban J connectivity index is 1.47. The van der Waals surface area contributed by atoms with E-state index in [1.807, 2.05) is 61.5 Å². The Morgan fingerprint density at radius 2 is 1.57 bits per heavy atom. The minimum Gasteiger partial charge on any atom is -0.347 e. The molecule has 0 atom stereocenters. The maximum absolute atomic E-state index is 13.8. The lowest BCUT2D eigenvalue weighted by atomic mass is 10.1. The van der Waals surface area contributed by atoms with Crippen molar-refractivity contribution in [3.63, 3.8) is 0 Å². The molecule has 178 valence electrons. The maximum atomic E-state index is 13.8. The third-order valence-corrected chi connectivity index (χ3v) is 6.31. The van der Waals surface area contributed by atoms with Gasteiger partial charge in [0, 0.05) is 5.56 Å². The van der Waals surface area contributed by atoms with E-state index in [0.717, 1.165) is 32.6 Å². The summed E-state index contributed by atoms with van der Waals surface area (Å²) in [6.07, 6.45) is -0.0840. The molecule has 1 aromatic heterocycles. The number of amides is 2. The van der Waals surface area contributed by atoms with Crippen molar-refractivity contribution in [3.8, 4) is 21.0 Å². The Bertz CT molecular complexity index is 1370. The molecule has 1 heterocycles. The van der Waals surface area contributed by atoms with Crippen LogP contribution in [0.4, 0.5) is 18.9 Å². The molecule has 0 saturated heterocycles. The molecule has 2 N–H and O–H groups in total. The minimum atomic E-state index is -1.69. The number of halogens is 3. The Morgan fingerprint density at radius 3 is 2.29 bits per heavy atom. The largest absolute Gasteiger partial charge is 0.347 e. The number of benzene rings is 3. The van der Waals surface area contributed by atoms with Gasteiger partial charge >= 0.3 is 0 Å². The molecule has 0 fully saturated rings. The molecular weight excluding hydrogens is 475 g/mol. The molecule has 35 heavy (non-hydrogen) atoms. The zero-order valence-corrected chi connectivity index (χ0v) is 19.4. The molecule has 5 nitrogen and oxygen atoms in total. The molecule has 0 bridgehead atoms. The zero-order chi connectivity index (χ0) is 24.9. The van der Waals surface area contributed by atoms with Gasteiger partial charge in [-0.3, -0.25) is 9.59 Å². The fourth-order valence-electron chi connectivity index (χ4n) is 3.32. The topological polar surface area (TPSA) is 71.1 Å². The molecule has 4 rings (SSSR count). The van der Waals surface area contributed by atoms with Gasteiger partial charge in [-0.1, -0.05) is 60.2 Å². The fourth-order valence-corrected chi connectivity index (χ4v) is 4.41. The summed E-state index contributed by atoms with van der Waals surface area (Å²) in [5.74, 6) is -5.82. The molecule has 2 amide bonds. The molecular formula is C26H20F3N3O2S. The first-order valence-electron chi connectivity index (χ1n) is 10.6. The van der Waals surface area contributed by atoms with Crippen molar-refractivity contribution in [2.24, 2.45) is 0 Å². The summed E-state index contributed by atoms with van der Waals surface area (Å²) in [5, 5.41) is 5.33. The molecule has 0 radical (unpaired) electrons. The van der Waals surface area contributed by atoms with Crippen molar-refractivity contribution in [1.29, 1.82) is 0 Å². The van der Waals surface area contributed by atoms with Gasteiger partial charge in [0.1, 0.15) is 5.01 Å². The van der Waals surface area contributed by atoms with Crippen LogP contribution in [0.25, 0.3) is 21.0 Å². The van der Waals surface area contributed by atoms with Crippen LogP contribution in [0.3, 0.4) is 0 Å². The van der Waals surface area contributed by atoms with Crippen molar-refractivity contribution in [3.05, 3.63) is 95.4 Å². The van der Waals surface area contributed by atoms with Crippen molar-refractivity contribution >= 4 is 28.8 Å². The van der Waals surface area contributed by atoms with Gasteiger partial charge in [0.2, 0.25) is 11.8 Å². The highest BCUT2D eigenvalue weighted by Gasteiger charge is 2.19. The summed E-state index contributed by atoms with van der Waals surface area (Å²) in [5.41, 5.74) is 2.98. The van der Waals surface area contributed by atoms with Gasteiger partial charge < -0.3 is 10.6 Å². The van der Waals surface area contributed by atoms with Gasteiger partial charge in [-0.25, -0.2) is 18.2 Å². The Kier molecular flexibility index (Phi) is 7.26. The van der Waals surface area contributed by atoms with E-state index >= 15 is 0 Å². The second kappa shape index (κ2) is 10.5. The van der Waals surface area contributed by atoms with Crippen LogP contribution in [0.1, 0.15) is 11.3 Å². The van der Waals surface area contributed by atoms with Crippen LogP contribution >= 0.6 is 11.3 Å². The van der Waals surface area contributed by atoms with E-state index in [0.29, 0.717) is 11.8 Å². The summed E-state index contributed by atoms with van der Waals surface area (Å²) in [7, 11) is 0. The number of nitrogens with one attached hydrogen (secondary N) is 2. The third-order valence-electron chi connectivity index (χ3n) is 5.12. The van der Waals surface area contributed by atoms with E-state index < -0.39 is 41.5 Å². The Hall–Kier alpha value is -3.98. The summed E-state index contributed by atoms with van der Waals surface area (Å²) in [6, 6.07) is 19.1. The van der Waals surface area contributed by atoms with Crippen molar-refractivity contribution < 1.29 is 22.8 Å². The molecule has 0 unspecified atom stereocenters. The molecule has 0 saturated carbocycles. The summed E-state index contributed by atoms with van der Waals surface area (Å²) in [4.78, 5) is 30.2. The van der Waals surface area contributed by atoms with Crippen LogP contribution in [-0.4, -0.2) is 23.3 Å². The van der Waals surface area contributed by atoms with Crippen LogP contribution in [0, 0.1) is 24.4 Å². The number of carbonyl (C=O) groups is 2. The molecule has 4 aromatic rings. The normalized spacial score (nSPS) is 10.7. The lowest BCUT2D eigenvalue weighted by molar-refractivity contribution is -0.123. The first-order chi connectivity index (χ1) is 16.8. The molecule has 3 aromatic carbocycles. The SMILES string of the molecule is Cc1ccc(-c2sc(-c3ccccc3)nc2CC(=O)NCC(=O)Nc2ccc(F)c(F)c2F)cc1. The van der Waals surface area contributed by atoms with Crippen LogP contribution < -0.4 is 10.6 Å². The van der Waals surface area contributed by atoms with Gasteiger partial charge in [-0.05, 0) is 24.6 Å². The molecule has 0 aliphatic heterocycles. The van der Waals surface area contributed by atoms with E-state index in [4.69, 9.17) is 0 Å². The quantitative estimate of drug-likeness (QED) is 0.333. The first kappa shape index (κ1) is 24.2. The van der Waals surface area contributed by atoms with E-state index in [1.165, 1.54) is 11.3 Å². The van der Waals surface area contributed by atoms with Gasteiger partial charge in [0.05, 0.1) is 29.2 Å². The number of hydrogen-bond acceptors (Lipinski definition) is 4. The van der Waals surface area contributed by atoms with Crippen molar-refractivity contribution in [1.82, 2.24) is 10.3 Å². The van der Waals surface area contributed by atoms with Gasteiger partial charge in [-0.2, -0.15) is 0 Å². The van der Waals surface area contributed by atoms with E-state index in [-0.39, 0.29) is 6.42 Å². The maximum Gasteiger partial charge on any atom is 0.243 e. The van der Waals surface area contributed by atoms with Crippen molar-refractivity contribution in [2.45, 2.75) is 13.3 Å². The second-order valence-corrected chi connectivity index (χ2v) is 8.75. The van der Waals surface area contributed by atoms with Crippen LogP contribution in [-0.2, 0) is 16.0 Å². The molecule has 0 aliphatic carbocycles. The van der Waals surface area contributed by atoms with Gasteiger partial charge in [0.15, 0.2) is 17.5 Å².